The number of urea groups is 1. The van der Waals surface area contributed by atoms with Crippen molar-refractivity contribution in [2.45, 2.75) is 18.8 Å². The number of carbonyl (C=O) groups is 1. The highest BCUT2D eigenvalue weighted by molar-refractivity contribution is 7.17. The second kappa shape index (κ2) is 7.71. The van der Waals surface area contributed by atoms with Crippen molar-refractivity contribution in [3.63, 3.8) is 0 Å². The Morgan fingerprint density at radius 3 is 2.89 bits per heavy atom. The molecule has 140 valence electrons. The van der Waals surface area contributed by atoms with Crippen molar-refractivity contribution >= 4 is 28.2 Å². The molecular formula is C21H18N4O2S. The number of carbonyl (C=O) groups excluding carboxylic acids is 1. The van der Waals surface area contributed by atoms with E-state index in [2.05, 4.69) is 28.5 Å². The van der Waals surface area contributed by atoms with Crippen LogP contribution in [0.3, 0.4) is 0 Å². The van der Waals surface area contributed by atoms with E-state index in [-0.39, 0.29) is 6.03 Å². The first-order chi connectivity index (χ1) is 13.6. The average Bonchev–Trinajstić information content (AvgIpc) is 3.49. The van der Waals surface area contributed by atoms with Crippen LogP contribution in [0.5, 0.6) is 10.8 Å². The highest BCUT2D eigenvalue weighted by Crippen LogP contribution is 2.41. The lowest BCUT2D eigenvalue weighted by Crippen LogP contribution is -2.31. The molecule has 0 aliphatic heterocycles. The minimum Gasteiger partial charge on any atom is -0.444 e. The summed E-state index contributed by atoms with van der Waals surface area (Å²) in [5.41, 5.74) is 2.56. The van der Waals surface area contributed by atoms with E-state index < -0.39 is 0 Å². The number of nitrogens with zero attached hydrogens (tertiary/aromatic N) is 3. The van der Waals surface area contributed by atoms with Gasteiger partial charge in [0.25, 0.3) is 0 Å². The van der Waals surface area contributed by atoms with Crippen LogP contribution in [0, 0.1) is 11.3 Å². The molecule has 0 spiro atoms. The maximum Gasteiger partial charge on any atom is 0.327 e. The van der Waals surface area contributed by atoms with Crippen LogP contribution in [0.4, 0.5) is 15.6 Å². The summed E-state index contributed by atoms with van der Waals surface area (Å²) in [7, 11) is 1.73. The SMILES string of the molecule is CN(C(=O)Nc1ncc(Oc2ccccc2C#N)s1)c1cccc(C2CC2)c1. The van der Waals surface area contributed by atoms with Gasteiger partial charge in [-0.15, -0.1) is 0 Å². The number of amides is 2. The van der Waals surface area contributed by atoms with Gasteiger partial charge in [-0.2, -0.15) is 5.26 Å². The lowest BCUT2D eigenvalue weighted by Gasteiger charge is -2.18. The summed E-state index contributed by atoms with van der Waals surface area (Å²) < 4.78 is 5.73. The molecule has 7 heteroatoms. The first kappa shape index (κ1) is 18.0. The summed E-state index contributed by atoms with van der Waals surface area (Å²) in [4.78, 5) is 18.3. The van der Waals surface area contributed by atoms with E-state index in [1.807, 2.05) is 12.1 Å². The summed E-state index contributed by atoms with van der Waals surface area (Å²) in [6.45, 7) is 0. The van der Waals surface area contributed by atoms with E-state index in [0.29, 0.717) is 27.4 Å². The fourth-order valence-corrected chi connectivity index (χ4v) is 3.49. The molecule has 1 aliphatic rings. The van der Waals surface area contributed by atoms with Crippen LogP contribution in [0.1, 0.15) is 29.9 Å². The molecule has 1 heterocycles. The van der Waals surface area contributed by atoms with Crippen LogP contribution in [0.2, 0.25) is 0 Å². The minimum absolute atomic E-state index is 0.272. The molecule has 1 fully saturated rings. The number of ether oxygens (including phenoxy) is 1. The average molecular weight is 390 g/mol. The number of anilines is 2. The van der Waals surface area contributed by atoms with E-state index in [1.165, 1.54) is 35.9 Å². The maximum absolute atomic E-state index is 12.6. The van der Waals surface area contributed by atoms with Crippen molar-refractivity contribution in [3.8, 4) is 16.9 Å². The van der Waals surface area contributed by atoms with E-state index >= 15 is 0 Å². The molecule has 0 radical (unpaired) electrons. The number of hydrogen-bond donors (Lipinski definition) is 1. The normalized spacial score (nSPS) is 12.9. The molecule has 3 aromatic rings. The van der Waals surface area contributed by atoms with Gasteiger partial charge in [0.1, 0.15) is 11.8 Å². The Hall–Kier alpha value is -3.37. The van der Waals surface area contributed by atoms with Crippen LogP contribution in [0.25, 0.3) is 0 Å². The third kappa shape index (κ3) is 3.97. The molecule has 1 aliphatic carbocycles. The first-order valence-corrected chi connectivity index (χ1v) is 9.73. The first-order valence-electron chi connectivity index (χ1n) is 8.91. The second-order valence-electron chi connectivity index (χ2n) is 6.55. The lowest BCUT2D eigenvalue weighted by molar-refractivity contribution is 0.258. The summed E-state index contributed by atoms with van der Waals surface area (Å²) >= 11 is 1.20. The molecule has 1 N–H and O–H groups in total. The summed E-state index contributed by atoms with van der Waals surface area (Å²) in [5, 5.41) is 12.9. The van der Waals surface area contributed by atoms with Crippen LogP contribution >= 0.6 is 11.3 Å². The zero-order valence-corrected chi connectivity index (χ0v) is 16.1. The maximum atomic E-state index is 12.6. The molecule has 0 unspecified atom stereocenters. The Morgan fingerprint density at radius 1 is 1.29 bits per heavy atom. The molecule has 0 saturated heterocycles. The molecular weight excluding hydrogens is 372 g/mol. The van der Waals surface area contributed by atoms with Crippen molar-refractivity contribution < 1.29 is 9.53 Å². The molecule has 2 amide bonds. The van der Waals surface area contributed by atoms with Gasteiger partial charge in [-0.05, 0) is 48.6 Å². The molecule has 4 rings (SSSR count). The van der Waals surface area contributed by atoms with Gasteiger partial charge >= 0.3 is 6.03 Å². The van der Waals surface area contributed by atoms with E-state index in [9.17, 15) is 4.79 Å². The highest BCUT2D eigenvalue weighted by Gasteiger charge is 2.24. The molecule has 2 aromatic carbocycles. The number of nitriles is 1. The van der Waals surface area contributed by atoms with E-state index in [0.717, 1.165) is 5.69 Å². The van der Waals surface area contributed by atoms with Crippen molar-refractivity contribution in [1.82, 2.24) is 4.98 Å². The van der Waals surface area contributed by atoms with Gasteiger partial charge in [-0.1, -0.05) is 35.6 Å². The van der Waals surface area contributed by atoms with Gasteiger partial charge in [-0.3, -0.25) is 10.2 Å². The predicted molar refractivity (Wildman–Crippen MR) is 109 cm³/mol. The molecule has 0 bridgehead atoms. The van der Waals surface area contributed by atoms with Gasteiger partial charge in [0.2, 0.25) is 5.06 Å². The number of hydrogen-bond acceptors (Lipinski definition) is 5. The van der Waals surface area contributed by atoms with Gasteiger partial charge in [0.15, 0.2) is 5.13 Å². The fourth-order valence-electron chi connectivity index (χ4n) is 2.82. The van der Waals surface area contributed by atoms with Gasteiger partial charge < -0.3 is 4.74 Å². The second-order valence-corrected chi connectivity index (χ2v) is 7.55. The van der Waals surface area contributed by atoms with Crippen LogP contribution in [-0.2, 0) is 0 Å². The Balaban J connectivity index is 1.42. The monoisotopic (exact) mass is 390 g/mol. The quantitative estimate of drug-likeness (QED) is 0.637. The third-order valence-electron chi connectivity index (χ3n) is 4.53. The number of nitrogens with one attached hydrogen (secondary N) is 1. The summed E-state index contributed by atoms with van der Waals surface area (Å²) in [6.07, 6.45) is 3.97. The number of rotatable bonds is 5. The summed E-state index contributed by atoms with van der Waals surface area (Å²) in [6, 6.07) is 16.9. The Kier molecular flexibility index (Phi) is 4.96. The van der Waals surface area contributed by atoms with Crippen molar-refractivity contribution in [2.24, 2.45) is 0 Å². The Morgan fingerprint density at radius 2 is 2.11 bits per heavy atom. The number of aromatic nitrogens is 1. The predicted octanol–water partition coefficient (Wildman–Crippen LogP) is 5.35. The highest BCUT2D eigenvalue weighted by atomic mass is 32.1. The van der Waals surface area contributed by atoms with Crippen molar-refractivity contribution in [2.75, 3.05) is 17.3 Å². The van der Waals surface area contributed by atoms with E-state index in [4.69, 9.17) is 10.00 Å². The minimum atomic E-state index is -0.272. The molecule has 6 nitrogen and oxygen atoms in total. The largest absolute Gasteiger partial charge is 0.444 e. The van der Waals surface area contributed by atoms with Crippen LogP contribution in [0.15, 0.2) is 54.7 Å². The Bertz CT molecular complexity index is 1050. The lowest BCUT2D eigenvalue weighted by atomic mass is 10.1. The number of benzene rings is 2. The number of thiazole rings is 1. The molecule has 1 saturated carbocycles. The molecule has 0 atom stereocenters. The van der Waals surface area contributed by atoms with E-state index in [1.54, 1.807) is 36.2 Å². The number of para-hydroxylation sites is 1. The zero-order chi connectivity index (χ0) is 19.5. The third-order valence-corrected chi connectivity index (χ3v) is 5.32. The van der Waals surface area contributed by atoms with Crippen LogP contribution in [-0.4, -0.2) is 18.1 Å². The smallest absolute Gasteiger partial charge is 0.327 e. The molecule has 1 aromatic heterocycles. The summed E-state index contributed by atoms with van der Waals surface area (Å²) in [5.74, 6) is 1.09. The van der Waals surface area contributed by atoms with Crippen molar-refractivity contribution in [3.05, 3.63) is 65.9 Å². The van der Waals surface area contributed by atoms with Gasteiger partial charge in [-0.25, -0.2) is 9.78 Å². The zero-order valence-electron chi connectivity index (χ0n) is 15.3. The van der Waals surface area contributed by atoms with Gasteiger partial charge in [0, 0.05) is 12.7 Å². The van der Waals surface area contributed by atoms with Gasteiger partial charge in [0.05, 0.1) is 11.8 Å². The van der Waals surface area contributed by atoms with Crippen molar-refractivity contribution in [1.29, 1.82) is 5.26 Å². The fraction of sp³-hybridized carbons (Fsp3) is 0.190. The van der Waals surface area contributed by atoms with Crippen LogP contribution < -0.4 is 15.0 Å². The standard InChI is InChI=1S/C21H18N4O2S/c1-25(17-7-4-6-15(11-17)14-9-10-14)21(26)24-20-23-13-19(28-20)27-18-8-3-2-5-16(18)12-22/h2-8,11,13-14H,9-10H2,1H3,(H,23,24,26). The Labute approximate surface area is 167 Å². The molecule has 28 heavy (non-hydrogen) atoms. The topological polar surface area (TPSA) is 78.2 Å².